The minimum Gasteiger partial charge on any atom is -0.312 e. The van der Waals surface area contributed by atoms with Crippen LogP contribution in [0.3, 0.4) is 0 Å². The Hall–Kier alpha value is 0.430. The molecule has 0 aliphatic rings. The largest absolute Gasteiger partial charge is 0.312 e. The Labute approximate surface area is 85.7 Å². The van der Waals surface area contributed by atoms with Crippen LogP contribution in [0.15, 0.2) is 15.9 Å². The first kappa shape index (κ1) is 11.4. The van der Waals surface area contributed by atoms with E-state index in [-0.39, 0.29) is 12.4 Å². The van der Waals surface area contributed by atoms with Crippen molar-refractivity contribution in [3.63, 3.8) is 0 Å². The molecule has 0 aliphatic heterocycles. The second-order valence-corrected chi connectivity index (χ2v) is 4.53. The quantitative estimate of drug-likeness (QED) is 0.876. The molecule has 0 bridgehead atoms. The molecule has 1 N–H and O–H groups in total. The maximum atomic E-state index is 3.41. The summed E-state index contributed by atoms with van der Waals surface area (Å²) in [6.07, 6.45) is 0. The molecular formula is C7H11BrClNS. The number of hydrogen-bond donors (Lipinski definition) is 1. The molecule has 0 amide bonds. The molecule has 1 heterocycles. The molecule has 0 aromatic carbocycles. The third kappa shape index (κ3) is 4.11. The number of halogens is 2. The van der Waals surface area contributed by atoms with Gasteiger partial charge in [0.1, 0.15) is 0 Å². The third-order valence-corrected chi connectivity index (χ3v) is 2.80. The van der Waals surface area contributed by atoms with Gasteiger partial charge in [0.15, 0.2) is 0 Å². The van der Waals surface area contributed by atoms with Crippen LogP contribution < -0.4 is 5.32 Å². The fourth-order valence-corrected chi connectivity index (χ4v) is 2.15. The molecular weight excluding hydrogens is 246 g/mol. The van der Waals surface area contributed by atoms with Gasteiger partial charge >= 0.3 is 0 Å². The van der Waals surface area contributed by atoms with Crippen LogP contribution >= 0.6 is 39.7 Å². The molecule has 1 aromatic rings. The van der Waals surface area contributed by atoms with Gasteiger partial charge in [-0.25, -0.2) is 0 Å². The van der Waals surface area contributed by atoms with Gasteiger partial charge in [0.05, 0.1) is 3.79 Å². The summed E-state index contributed by atoms with van der Waals surface area (Å²) in [6, 6.07) is 4.22. The zero-order chi connectivity index (χ0) is 7.40. The lowest BCUT2D eigenvalue weighted by Crippen LogP contribution is -2.10. The molecule has 1 nitrogen and oxygen atoms in total. The highest BCUT2D eigenvalue weighted by Crippen LogP contribution is 2.21. The van der Waals surface area contributed by atoms with Crippen molar-refractivity contribution in [2.45, 2.75) is 13.5 Å². The van der Waals surface area contributed by atoms with Crippen LogP contribution in [0.4, 0.5) is 0 Å². The van der Waals surface area contributed by atoms with Crippen LogP contribution in [0.5, 0.6) is 0 Å². The predicted octanol–water partition coefficient (Wildman–Crippen LogP) is 3.04. The Morgan fingerprint density at radius 3 is 2.73 bits per heavy atom. The summed E-state index contributed by atoms with van der Waals surface area (Å²) in [5.41, 5.74) is 0. The Morgan fingerprint density at radius 1 is 1.55 bits per heavy atom. The lowest BCUT2D eigenvalue weighted by atomic mass is 10.4. The van der Waals surface area contributed by atoms with Crippen LogP contribution in [-0.2, 0) is 6.54 Å². The Bertz CT molecular complexity index is 202. The molecule has 64 valence electrons. The Kier molecular flexibility index (Phi) is 6.24. The first-order valence-corrected chi connectivity index (χ1v) is 4.89. The van der Waals surface area contributed by atoms with Gasteiger partial charge in [-0.15, -0.1) is 23.7 Å². The van der Waals surface area contributed by atoms with Crippen molar-refractivity contribution in [3.8, 4) is 0 Å². The van der Waals surface area contributed by atoms with Crippen molar-refractivity contribution < 1.29 is 0 Å². The minimum absolute atomic E-state index is 0. The number of rotatable bonds is 3. The van der Waals surface area contributed by atoms with Crippen molar-refractivity contribution in [2.24, 2.45) is 0 Å². The summed E-state index contributed by atoms with van der Waals surface area (Å²) in [7, 11) is 0. The topological polar surface area (TPSA) is 12.0 Å². The van der Waals surface area contributed by atoms with Crippen molar-refractivity contribution in [1.82, 2.24) is 5.32 Å². The van der Waals surface area contributed by atoms with Gasteiger partial charge in [-0.05, 0) is 34.6 Å². The lowest BCUT2D eigenvalue weighted by Gasteiger charge is -1.94. The van der Waals surface area contributed by atoms with Gasteiger partial charge < -0.3 is 5.32 Å². The number of hydrogen-bond acceptors (Lipinski definition) is 2. The fourth-order valence-electron chi connectivity index (χ4n) is 0.695. The Balaban J connectivity index is 0.000001000. The molecule has 0 radical (unpaired) electrons. The van der Waals surface area contributed by atoms with Crippen LogP contribution in [-0.4, -0.2) is 6.54 Å². The van der Waals surface area contributed by atoms with E-state index in [1.54, 1.807) is 11.3 Å². The van der Waals surface area contributed by atoms with Crippen molar-refractivity contribution in [3.05, 3.63) is 20.8 Å². The molecule has 0 saturated heterocycles. The lowest BCUT2D eigenvalue weighted by molar-refractivity contribution is 0.735. The summed E-state index contributed by atoms with van der Waals surface area (Å²) in [5, 5.41) is 3.27. The Morgan fingerprint density at radius 2 is 2.27 bits per heavy atom. The van der Waals surface area contributed by atoms with E-state index in [1.165, 1.54) is 8.66 Å². The second-order valence-electron chi connectivity index (χ2n) is 1.99. The first-order valence-electron chi connectivity index (χ1n) is 3.28. The van der Waals surface area contributed by atoms with Crippen LogP contribution in [0.25, 0.3) is 0 Å². The minimum atomic E-state index is 0. The number of thiophene rings is 1. The van der Waals surface area contributed by atoms with E-state index in [2.05, 4.69) is 40.3 Å². The van der Waals surface area contributed by atoms with E-state index in [0.717, 1.165) is 13.1 Å². The van der Waals surface area contributed by atoms with E-state index in [0.29, 0.717) is 0 Å². The standard InChI is InChI=1S/C7H10BrNS.ClH/c1-2-9-5-6-3-4-7(8)10-6;/h3-4,9H,2,5H2,1H3;1H. The molecule has 0 spiro atoms. The summed E-state index contributed by atoms with van der Waals surface area (Å²) in [5.74, 6) is 0. The molecule has 4 heteroatoms. The summed E-state index contributed by atoms with van der Waals surface area (Å²) < 4.78 is 1.21. The average Bonchev–Trinajstić information content (AvgIpc) is 2.31. The third-order valence-electron chi connectivity index (χ3n) is 1.18. The zero-order valence-corrected chi connectivity index (χ0v) is 9.48. The summed E-state index contributed by atoms with van der Waals surface area (Å²) in [6.45, 7) is 4.14. The molecule has 1 aromatic heterocycles. The molecule has 0 atom stereocenters. The van der Waals surface area contributed by atoms with E-state index >= 15 is 0 Å². The summed E-state index contributed by atoms with van der Waals surface area (Å²) >= 11 is 5.20. The van der Waals surface area contributed by atoms with Crippen LogP contribution in [0, 0.1) is 0 Å². The monoisotopic (exact) mass is 255 g/mol. The maximum Gasteiger partial charge on any atom is 0.0701 e. The van der Waals surface area contributed by atoms with Gasteiger partial charge in [0, 0.05) is 11.4 Å². The molecule has 1 rings (SSSR count). The smallest absolute Gasteiger partial charge is 0.0701 e. The van der Waals surface area contributed by atoms with Gasteiger partial charge in [-0.3, -0.25) is 0 Å². The van der Waals surface area contributed by atoms with Crippen molar-refractivity contribution in [2.75, 3.05) is 6.54 Å². The summed E-state index contributed by atoms with van der Waals surface area (Å²) in [4.78, 5) is 1.38. The first-order chi connectivity index (χ1) is 4.83. The predicted molar refractivity (Wildman–Crippen MR) is 56.6 cm³/mol. The van der Waals surface area contributed by atoms with Crippen LogP contribution in [0.2, 0.25) is 0 Å². The van der Waals surface area contributed by atoms with E-state index in [4.69, 9.17) is 0 Å². The van der Waals surface area contributed by atoms with Crippen molar-refractivity contribution in [1.29, 1.82) is 0 Å². The van der Waals surface area contributed by atoms with E-state index in [1.807, 2.05) is 0 Å². The highest BCUT2D eigenvalue weighted by Gasteiger charge is 1.94. The zero-order valence-electron chi connectivity index (χ0n) is 6.26. The highest BCUT2D eigenvalue weighted by atomic mass is 79.9. The molecule has 0 unspecified atom stereocenters. The fraction of sp³-hybridized carbons (Fsp3) is 0.429. The van der Waals surface area contributed by atoms with E-state index in [9.17, 15) is 0 Å². The van der Waals surface area contributed by atoms with Gasteiger partial charge in [-0.1, -0.05) is 6.92 Å². The maximum absolute atomic E-state index is 3.41. The van der Waals surface area contributed by atoms with Gasteiger partial charge in [-0.2, -0.15) is 0 Å². The van der Waals surface area contributed by atoms with Crippen molar-refractivity contribution >= 4 is 39.7 Å². The molecule has 0 aliphatic carbocycles. The van der Waals surface area contributed by atoms with Gasteiger partial charge in [0.25, 0.3) is 0 Å². The van der Waals surface area contributed by atoms with Crippen LogP contribution in [0.1, 0.15) is 11.8 Å². The molecule has 11 heavy (non-hydrogen) atoms. The van der Waals surface area contributed by atoms with Gasteiger partial charge in [0.2, 0.25) is 0 Å². The molecule has 0 fully saturated rings. The average molecular weight is 257 g/mol. The normalized spacial score (nSPS) is 9.27. The number of nitrogens with one attached hydrogen (secondary N) is 1. The molecule has 0 saturated carbocycles. The SMILES string of the molecule is CCNCc1ccc(Br)s1.Cl. The highest BCUT2D eigenvalue weighted by molar-refractivity contribution is 9.11. The second kappa shape index (κ2) is 6.00. The van der Waals surface area contributed by atoms with E-state index < -0.39 is 0 Å².